The fourth-order valence-corrected chi connectivity index (χ4v) is 1.69. The van der Waals surface area contributed by atoms with Crippen LogP contribution in [0, 0.1) is 10.5 Å². The van der Waals surface area contributed by atoms with Gasteiger partial charge in [0.1, 0.15) is 0 Å². The van der Waals surface area contributed by atoms with Crippen molar-refractivity contribution in [3.8, 4) is 0 Å². The van der Waals surface area contributed by atoms with E-state index < -0.39 is 6.43 Å². The maximum Gasteiger partial charge on any atom is 0.264 e. The van der Waals surface area contributed by atoms with E-state index in [9.17, 15) is 8.78 Å². The van der Waals surface area contributed by atoms with Crippen LogP contribution in [-0.2, 0) is 0 Å². The van der Waals surface area contributed by atoms with Crippen LogP contribution in [0.3, 0.4) is 0 Å². The van der Waals surface area contributed by atoms with Gasteiger partial charge in [0.05, 0.1) is 5.02 Å². The van der Waals surface area contributed by atoms with Crippen LogP contribution >= 0.6 is 34.2 Å². The van der Waals surface area contributed by atoms with Gasteiger partial charge in [-0.25, -0.2) is 8.78 Å². The maximum atomic E-state index is 12.3. The Kier molecular flexibility index (Phi) is 3.29. The Labute approximate surface area is 88.1 Å². The number of hydrogen-bond donors (Lipinski definition) is 0. The van der Waals surface area contributed by atoms with Gasteiger partial charge in [0.25, 0.3) is 6.43 Å². The van der Waals surface area contributed by atoms with E-state index in [0.29, 0.717) is 10.6 Å². The van der Waals surface area contributed by atoms with E-state index in [2.05, 4.69) is 0 Å². The van der Waals surface area contributed by atoms with Crippen LogP contribution in [0.25, 0.3) is 0 Å². The summed E-state index contributed by atoms with van der Waals surface area (Å²) in [5.74, 6) is 0. The second kappa shape index (κ2) is 3.87. The van der Waals surface area contributed by atoms with E-state index in [1.807, 2.05) is 22.6 Å². The van der Waals surface area contributed by atoms with E-state index in [1.54, 1.807) is 13.0 Å². The number of rotatable bonds is 1. The molecule has 0 saturated heterocycles. The molecule has 0 saturated carbocycles. The molecule has 4 heteroatoms. The SMILES string of the molecule is Cc1cc(I)c(Cl)cc1C(F)F. The zero-order valence-corrected chi connectivity index (χ0v) is 9.16. The molecule has 0 aliphatic carbocycles. The fourth-order valence-electron chi connectivity index (χ4n) is 0.897. The zero-order valence-electron chi connectivity index (χ0n) is 6.24. The highest BCUT2D eigenvalue weighted by molar-refractivity contribution is 14.1. The molecule has 0 fully saturated rings. The molecule has 0 radical (unpaired) electrons. The van der Waals surface area contributed by atoms with Crippen molar-refractivity contribution in [2.24, 2.45) is 0 Å². The predicted molar refractivity (Wildman–Crippen MR) is 53.9 cm³/mol. The summed E-state index contributed by atoms with van der Waals surface area (Å²) >= 11 is 7.70. The lowest BCUT2D eigenvalue weighted by atomic mass is 10.1. The molecule has 0 aliphatic heterocycles. The standard InChI is InChI=1S/C8H6ClF2I/c1-4-2-7(12)6(9)3-5(4)8(10)11/h2-3,8H,1H3. The molecule has 1 aromatic carbocycles. The van der Waals surface area contributed by atoms with Crippen molar-refractivity contribution in [1.29, 1.82) is 0 Å². The third-order valence-electron chi connectivity index (χ3n) is 1.54. The molecule has 1 aromatic rings. The molecule has 0 atom stereocenters. The van der Waals surface area contributed by atoms with E-state index in [4.69, 9.17) is 11.6 Å². The molecular formula is C8H6ClF2I. The van der Waals surface area contributed by atoms with E-state index >= 15 is 0 Å². The van der Waals surface area contributed by atoms with Gasteiger partial charge in [-0.1, -0.05) is 11.6 Å². The van der Waals surface area contributed by atoms with Gasteiger partial charge >= 0.3 is 0 Å². The van der Waals surface area contributed by atoms with Gasteiger partial charge in [-0.2, -0.15) is 0 Å². The molecule has 0 spiro atoms. The molecule has 0 bridgehead atoms. The molecule has 0 heterocycles. The summed E-state index contributed by atoms with van der Waals surface area (Å²) in [4.78, 5) is 0. The first kappa shape index (κ1) is 10.2. The van der Waals surface area contributed by atoms with Crippen molar-refractivity contribution in [2.45, 2.75) is 13.3 Å². The summed E-state index contributed by atoms with van der Waals surface area (Å²) in [7, 11) is 0. The van der Waals surface area contributed by atoms with Gasteiger partial charge in [-0.15, -0.1) is 0 Å². The molecule has 0 aliphatic rings. The van der Waals surface area contributed by atoms with Crippen molar-refractivity contribution in [1.82, 2.24) is 0 Å². The highest BCUT2D eigenvalue weighted by Crippen LogP contribution is 2.28. The minimum atomic E-state index is -2.44. The summed E-state index contributed by atoms with van der Waals surface area (Å²) in [5.41, 5.74) is 0.596. The summed E-state index contributed by atoms with van der Waals surface area (Å²) < 4.78 is 25.4. The molecule has 0 unspecified atom stereocenters. The summed E-state index contributed by atoms with van der Waals surface area (Å²) in [6, 6.07) is 2.98. The molecule has 0 amide bonds. The van der Waals surface area contributed by atoms with Gasteiger partial charge in [0, 0.05) is 9.13 Å². The van der Waals surface area contributed by atoms with Gasteiger partial charge in [-0.3, -0.25) is 0 Å². The number of aryl methyl sites for hydroxylation is 1. The number of benzene rings is 1. The summed E-state index contributed by atoms with van der Waals surface area (Å²) in [6.45, 7) is 1.65. The van der Waals surface area contributed by atoms with Crippen molar-refractivity contribution in [3.63, 3.8) is 0 Å². The molecule has 12 heavy (non-hydrogen) atoms. The average Bonchev–Trinajstić information content (AvgIpc) is 1.96. The number of alkyl halides is 2. The second-order valence-electron chi connectivity index (χ2n) is 2.42. The largest absolute Gasteiger partial charge is 0.264 e. The fraction of sp³-hybridized carbons (Fsp3) is 0.250. The van der Waals surface area contributed by atoms with Gasteiger partial charge in [-0.05, 0) is 47.2 Å². The van der Waals surface area contributed by atoms with Crippen LogP contribution in [0.2, 0.25) is 5.02 Å². The quantitative estimate of drug-likeness (QED) is 0.682. The Bertz CT molecular complexity index is 299. The van der Waals surface area contributed by atoms with Crippen LogP contribution in [0.15, 0.2) is 12.1 Å². The van der Waals surface area contributed by atoms with E-state index in [-0.39, 0.29) is 5.56 Å². The van der Waals surface area contributed by atoms with Crippen LogP contribution in [0.1, 0.15) is 17.6 Å². The minimum Gasteiger partial charge on any atom is -0.205 e. The lowest BCUT2D eigenvalue weighted by molar-refractivity contribution is 0.150. The van der Waals surface area contributed by atoms with Gasteiger partial charge < -0.3 is 0 Å². The highest BCUT2D eigenvalue weighted by atomic mass is 127. The number of hydrogen-bond acceptors (Lipinski definition) is 0. The Morgan fingerprint density at radius 3 is 2.50 bits per heavy atom. The first-order valence-corrected chi connectivity index (χ1v) is 4.71. The van der Waals surface area contributed by atoms with Crippen LogP contribution in [0.4, 0.5) is 8.78 Å². The zero-order chi connectivity index (χ0) is 9.30. The predicted octanol–water partition coefficient (Wildman–Crippen LogP) is 4.19. The van der Waals surface area contributed by atoms with Crippen LogP contribution in [-0.4, -0.2) is 0 Å². The third-order valence-corrected chi connectivity index (χ3v) is 3.07. The lowest BCUT2D eigenvalue weighted by Gasteiger charge is -2.06. The first-order valence-electron chi connectivity index (χ1n) is 3.26. The second-order valence-corrected chi connectivity index (χ2v) is 3.99. The molecule has 0 N–H and O–H groups in total. The lowest BCUT2D eigenvalue weighted by Crippen LogP contribution is -1.90. The topological polar surface area (TPSA) is 0 Å². The highest BCUT2D eigenvalue weighted by Gasteiger charge is 2.12. The van der Waals surface area contributed by atoms with Crippen LogP contribution in [0.5, 0.6) is 0 Å². The smallest absolute Gasteiger partial charge is 0.205 e. The normalized spacial score (nSPS) is 10.8. The Balaban J connectivity index is 3.23. The van der Waals surface area contributed by atoms with Crippen molar-refractivity contribution >= 4 is 34.2 Å². The summed E-state index contributed by atoms with van der Waals surface area (Å²) in [6.07, 6.45) is -2.44. The van der Waals surface area contributed by atoms with E-state index in [1.165, 1.54) is 6.07 Å². The van der Waals surface area contributed by atoms with Gasteiger partial charge in [0.2, 0.25) is 0 Å². The summed E-state index contributed by atoms with van der Waals surface area (Å²) in [5, 5.41) is 0.386. The Morgan fingerprint density at radius 2 is 2.00 bits per heavy atom. The van der Waals surface area contributed by atoms with E-state index in [0.717, 1.165) is 3.57 Å². The molecular weight excluding hydrogens is 296 g/mol. The van der Waals surface area contributed by atoms with Gasteiger partial charge in [0.15, 0.2) is 0 Å². The van der Waals surface area contributed by atoms with Crippen LogP contribution < -0.4 is 0 Å². The number of halogens is 4. The maximum absolute atomic E-state index is 12.3. The molecule has 0 nitrogen and oxygen atoms in total. The Hall–Kier alpha value is 0.1000. The first-order chi connectivity index (χ1) is 5.52. The molecule has 66 valence electrons. The molecule has 1 rings (SSSR count). The van der Waals surface area contributed by atoms with Crippen molar-refractivity contribution < 1.29 is 8.78 Å². The van der Waals surface area contributed by atoms with Crippen molar-refractivity contribution in [2.75, 3.05) is 0 Å². The Morgan fingerprint density at radius 1 is 1.42 bits per heavy atom. The molecule has 0 aromatic heterocycles. The average molecular weight is 302 g/mol. The third kappa shape index (κ3) is 2.07. The minimum absolute atomic E-state index is 0.0143. The monoisotopic (exact) mass is 302 g/mol. The van der Waals surface area contributed by atoms with Crippen molar-refractivity contribution in [3.05, 3.63) is 31.9 Å².